The van der Waals surface area contributed by atoms with Crippen molar-refractivity contribution in [1.82, 2.24) is 9.97 Å². The highest BCUT2D eigenvalue weighted by atomic mass is 16.5. The van der Waals surface area contributed by atoms with Crippen molar-refractivity contribution in [3.63, 3.8) is 0 Å². The second-order valence-corrected chi connectivity index (χ2v) is 7.26. The predicted octanol–water partition coefficient (Wildman–Crippen LogP) is 5.18. The van der Waals surface area contributed by atoms with Crippen LogP contribution >= 0.6 is 0 Å². The quantitative estimate of drug-likeness (QED) is 0.606. The fourth-order valence-corrected chi connectivity index (χ4v) is 2.95. The van der Waals surface area contributed by atoms with Crippen LogP contribution in [-0.4, -0.2) is 22.0 Å². The highest BCUT2D eigenvalue weighted by Gasteiger charge is 2.13. The van der Waals surface area contributed by atoms with Crippen LogP contribution in [0.25, 0.3) is 0 Å². The third-order valence-electron chi connectivity index (χ3n) is 4.29. The van der Waals surface area contributed by atoms with Crippen LogP contribution in [0.5, 0.6) is 5.75 Å². The first-order valence-electron chi connectivity index (χ1n) is 9.59. The summed E-state index contributed by atoms with van der Waals surface area (Å²) in [5.41, 5.74) is 4.64. The number of rotatable bonds is 6. The van der Waals surface area contributed by atoms with Crippen LogP contribution in [0.3, 0.4) is 0 Å². The molecule has 0 aliphatic rings. The molecule has 0 aliphatic carbocycles. The van der Waals surface area contributed by atoms with Crippen LogP contribution in [0, 0.1) is 20.8 Å². The Kier molecular flexibility index (Phi) is 6.12. The Morgan fingerprint density at radius 1 is 0.966 bits per heavy atom. The van der Waals surface area contributed by atoms with Crippen molar-refractivity contribution in [3.8, 4) is 5.75 Å². The van der Waals surface area contributed by atoms with Crippen molar-refractivity contribution >= 4 is 23.2 Å². The highest BCUT2D eigenvalue weighted by molar-refractivity contribution is 6.04. The van der Waals surface area contributed by atoms with Crippen molar-refractivity contribution in [3.05, 3.63) is 71.0 Å². The number of para-hydroxylation sites is 1. The van der Waals surface area contributed by atoms with E-state index in [0.29, 0.717) is 17.3 Å². The number of aromatic nitrogens is 2. The molecule has 1 amide bonds. The first kappa shape index (κ1) is 20.3. The normalized spacial score (nSPS) is 10.7. The fraction of sp³-hybridized carbons (Fsp3) is 0.261. The minimum absolute atomic E-state index is 0.117. The molecule has 0 atom stereocenters. The van der Waals surface area contributed by atoms with E-state index in [4.69, 9.17) is 4.74 Å². The van der Waals surface area contributed by atoms with E-state index in [1.54, 1.807) is 6.07 Å². The third kappa shape index (κ3) is 5.31. The van der Waals surface area contributed by atoms with Gasteiger partial charge in [0.05, 0.1) is 6.10 Å². The summed E-state index contributed by atoms with van der Waals surface area (Å²) in [7, 11) is 0. The molecule has 1 heterocycles. The van der Waals surface area contributed by atoms with Gasteiger partial charge in [-0.05, 0) is 76.1 Å². The predicted molar refractivity (Wildman–Crippen MR) is 116 cm³/mol. The van der Waals surface area contributed by atoms with Crippen molar-refractivity contribution in [2.45, 2.75) is 40.7 Å². The number of ether oxygens (including phenoxy) is 1. The maximum Gasteiger partial charge on any atom is 0.274 e. The number of aryl methyl sites for hydroxylation is 3. The standard InChI is InChI=1S/C23H26N4O2/c1-14(2)29-19-11-9-18(10-12-19)25-23-24-17(5)13-20(26-23)22(28)27-21-15(3)7-6-8-16(21)4/h6-14H,1-5H3,(H,27,28)(H,24,25,26). The largest absolute Gasteiger partial charge is 0.491 e. The molecule has 0 saturated heterocycles. The zero-order valence-electron chi connectivity index (χ0n) is 17.4. The van der Waals surface area contributed by atoms with E-state index < -0.39 is 0 Å². The number of nitrogens with one attached hydrogen (secondary N) is 2. The van der Waals surface area contributed by atoms with Gasteiger partial charge in [-0.3, -0.25) is 4.79 Å². The maximum atomic E-state index is 12.8. The summed E-state index contributed by atoms with van der Waals surface area (Å²) in [6, 6.07) is 15.1. The summed E-state index contributed by atoms with van der Waals surface area (Å²) in [4.78, 5) is 21.6. The van der Waals surface area contributed by atoms with Crippen LogP contribution in [0.15, 0.2) is 48.5 Å². The Bertz CT molecular complexity index is 994. The summed E-state index contributed by atoms with van der Waals surface area (Å²) in [5.74, 6) is 0.898. The van der Waals surface area contributed by atoms with Crippen molar-refractivity contribution in [2.75, 3.05) is 10.6 Å². The van der Waals surface area contributed by atoms with E-state index in [1.807, 2.05) is 77.1 Å². The monoisotopic (exact) mass is 390 g/mol. The van der Waals surface area contributed by atoms with Gasteiger partial charge in [-0.1, -0.05) is 18.2 Å². The van der Waals surface area contributed by atoms with Crippen LogP contribution < -0.4 is 15.4 Å². The second kappa shape index (κ2) is 8.73. The number of anilines is 3. The Balaban J connectivity index is 1.78. The van der Waals surface area contributed by atoms with Crippen molar-refractivity contribution < 1.29 is 9.53 Å². The first-order valence-corrected chi connectivity index (χ1v) is 9.59. The van der Waals surface area contributed by atoms with Gasteiger partial charge in [-0.2, -0.15) is 0 Å². The number of hydrogen-bond donors (Lipinski definition) is 2. The minimum atomic E-state index is -0.267. The third-order valence-corrected chi connectivity index (χ3v) is 4.29. The molecular formula is C23H26N4O2. The Hall–Kier alpha value is -3.41. The Labute approximate surface area is 171 Å². The topological polar surface area (TPSA) is 76.1 Å². The SMILES string of the molecule is Cc1cc(C(=O)Nc2c(C)cccc2C)nc(Nc2ccc(OC(C)C)cc2)n1. The van der Waals surface area contributed by atoms with Gasteiger partial charge in [-0.15, -0.1) is 0 Å². The summed E-state index contributed by atoms with van der Waals surface area (Å²) < 4.78 is 5.65. The number of amides is 1. The number of benzene rings is 2. The lowest BCUT2D eigenvalue weighted by Gasteiger charge is -2.13. The molecule has 0 bridgehead atoms. The molecule has 1 aromatic heterocycles. The summed E-state index contributed by atoms with van der Waals surface area (Å²) >= 11 is 0. The number of carbonyl (C=O) groups excluding carboxylic acids is 1. The van der Waals surface area contributed by atoms with Crippen LogP contribution in [0.1, 0.15) is 41.2 Å². The Morgan fingerprint density at radius 2 is 1.62 bits per heavy atom. The fourth-order valence-electron chi connectivity index (χ4n) is 2.95. The molecule has 6 heteroatoms. The molecule has 150 valence electrons. The second-order valence-electron chi connectivity index (χ2n) is 7.26. The molecule has 6 nitrogen and oxygen atoms in total. The average molecular weight is 390 g/mol. The summed E-state index contributed by atoms with van der Waals surface area (Å²) in [6.45, 7) is 9.73. The molecular weight excluding hydrogens is 364 g/mol. The van der Waals surface area contributed by atoms with Crippen molar-refractivity contribution in [1.29, 1.82) is 0 Å². The van der Waals surface area contributed by atoms with Gasteiger partial charge in [0.15, 0.2) is 0 Å². The zero-order chi connectivity index (χ0) is 21.0. The smallest absolute Gasteiger partial charge is 0.274 e. The molecule has 3 rings (SSSR count). The van der Waals surface area contributed by atoms with Gasteiger partial charge < -0.3 is 15.4 Å². The van der Waals surface area contributed by atoms with Gasteiger partial charge in [0.2, 0.25) is 5.95 Å². The molecule has 2 N–H and O–H groups in total. The molecule has 0 spiro atoms. The van der Waals surface area contributed by atoms with Crippen molar-refractivity contribution in [2.24, 2.45) is 0 Å². The average Bonchev–Trinajstić information content (AvgIpc) is 2.65. The Morgan fingerprint density at radius 3 is 2.24 bits per heavy atom. The van der Waals surface area contributed by atoms with Gasteiger partial charge in [0.1, 0.15) is 11.4 Å². The van der Waals surface area contributed by atoms with E-state index >= 15 is 0 Å². The van der Waals surface area contributed by atoms with Gasteiger partial charge >= 0.3 is 0 Å². The van der Waals surface area contributed by atoms with Gasteiger partial charge in [0.25, 0.3) is 5.91 Å². The van der Waals surface area contributed by atoms with Crippen LogP contribution in [0.4, 0.5) is 17.3 Å². The maximum absolute atomic E-state index is 12.8. The number of carbonyl (C=O) groups is 1. The number of hydrogen-bond acceptors (Lipinski definition) is 5. The molecule has 0 radical (unpaired) electrons. The summed E-state index contributed by atoms with van der Waals surface area (Å²) in [5, 5.41) is 6.11. The molecule has 0 saturated carbocycles. The molecule has 0 unspecified atom stereocenters. The van der Waals surface area contributed by atoms with Crippen LogP contribution in [0.2, 0.25) is 0 Å². The zero-order valence-corrected chi connectivity index (χ0v) is 17.4. The molecule has 2 aromatic carbocycles. The molecule has 29 heavy (non-hydrogen) atoms. The summed E-state index contributed by atoms with van der Waals surface area (Å²) in [6.07, 6.45) is 0.117. The lowest BCUT2D eigenvalue weighted by Crippen LogP contribution is -2.17. The molecule has 0 aliphatic heterocycles. The molecule has 3 aromatic rings. The highest BCUT2D eigenvalue weighted by Crippen LogP contribution is 2.22. The molecule has 0 fully saturated rings. The van der Waals surface area contributed by atoms with E-state index in [1.165, 1.54) is 0 Å². The van der Waals surface area contributed by atoms with Gasteiger partial charge in [-0.25, -0.2) is 9.97 Å². The van der Waals surface area contributed by atoms with Crippen LogP contribution in [-0.2, 0) is 0 Å². The first-order chi connectivity index (χ1) is 13.8. The number of nitrogens with zero attached hydrogens (tertiary/aromatic N) is 2. The van der Waals surface area contributed by atoms with E-state index in [9.17, 15) is 4.79 Å². The lowest BCUT2D eigenvalue weighted by atomic mass is 10.1. The van der Waals surface area contributed by atoms with Gasteiger partial charge in [0, 0.05) is 17.1 Å². The van der Waals surface area contributed by atoms with E-state index in [2.05, 4.69) is 20.6 Å². The minimum Gasteiger partial charge on any atom is -0.491 e. The van der Waals surface area contributed by atoms with E-state index in [-0.39, 0.29) is 12.0 Å². The van der Waals surface area contributed by atoms with E-state index in [0.717, 1.165) is 28.3 Å². The lowest BCUT2D eigenvalue weighted by molar-refractivity contribution is 0.102.